The number of rotatable bonds is 5. The molecule has 7 heteroatoms. The van der Waals surface area contributed by atoms with Gasteiger partial charge in [-0.05, 0) is 25.1 Å². The standard InChI is InChI=1S/C13H20N2O4S/c1-15(10-6-7-14-9-10)20(16,17)13-5-4-11(18-2)8-12(13)19-3/h4-5,8,10,14H,6-7,9H2,1-3H3. The lowest BCUT2D eigenvalue weighted by Crippen LogP contribution is -2.38. The fourth-order valence-electron chi connectivity index (χ4n) is 2.29. The summed E-state index contributed by atoms with van der Waals surface area (Å²) >= 11 is 0. The van der Waals surface area contributed by atoms with Crippen LogP contribution in [0, 0.1) is 0 Å². The van der Waals surface area contributed by atoms with E-state index in [1.165, 1.54) is 24.6 Å². The molecule has 1 fully saturated rings. The molecular weight excluding hydrogens is 280 g/mol. The summed E-state index contributed by atoms with van der Waals surface area (Å²) in [6, 6.07) is 4.70. The lowest BCUT2D eigenvalue weighted by atomic mass is 10.3. The fraction of sp³-hybridized carbons (Fsp3) is 0.538. The molecule has 0 spiro atoms. The molecule has 2 rings (SSSR count). The topological polar surface area (TPSA) is 67.9 Å². The van der Waals surface area contributed by atoms with Gasteiger partial charge in [-0.2, -0.15) is 4.31 Å². The van der Waals surface area contributed by atoms with Crippen LogP contribution in [0.1, 0.15) is 6.42 Å². The van der Waals surface area contributed by atoms with Gasteiger partial charge in [0.05, 0.1) is 14.2 Å². The maximum absolute atomic E-state index is 12.7. The molecule has 0 bridgehead atoms. The number of methoxy groups -OCH3 is 2. The van der Waals surface area contributed by atoms with E-state index in [1.807, 2.05) is 0 Å². The molecule has 1 atom stereocenters. The molecule has 1 N–H and O–H groups in total. The Morgan fingerprint density at radius 2 is 2.05 bits per heavy atom. The summed E-state index contributed by atoms with van der Waals surface area (Å²) in [5.41, 5.74) is 0. The Morgan fingerprint density at radius 3 is 2.60 bits per heavy atom. The second kappa shape index (κ2) is 5.99. The van der Waals surface area contributed by atoms with Gasteiger partial charge >= 0.3 is 0 Å². The molecule has 0 saturated carbocycles. The van der Waals surface area contributed by atoms with Crippen LogP contribution in [0.3, 0.4) is 0 Å². The van der Waals surface area contributed by atoms with Gasteiger partial charge in [-0.25, -0.2) is 8.42 Å². The van der Waals surface area contributed by atoms with Crippen molar-refractivity contribution < 1.29 is 17.9 Å². The van der Waals surface area contributed by atoms with Crippen molar-refractivity contribution in [2.24, 2.45) is 0 Å². The maximum atomic E-state index is 12.7. The van der Waals surface area contributed by atoms with Crippen LogP contribution in [-0.2, 0) is 10.0 Å². The van der Waals surface area contributed by atoms with E-state index in [1.54, 1.807) is 19.2 Å². The summed E-state index contributed by atoms with van der Waals surface area (Å²) < 4.78 is 37.0. The van der Waals surface area contributed by atoms with Crippen LogP contribution in [-0.4, -0.2) is 53.1 Å². The van der Waals surface area contributed by atoms with Crippen molar-refractivity contribution in [2.45, 2.75) is 17.4 Å². The fourth-order valence-corrected chi connectivity index (χ4v) is 3.81. The van der Waals surface area contributed by atoms with Crippen LogP contribution in [0.5, 0.6) is 11.5 Å². The third-order valence-corrected chi connectivity index (χ3v) is 5.53. The number of ether oxygens (including phenoxy) is 2. The monoisotopic (exact) mass is 300 g/mol. The van der Waals surface area contributed by atoms with E-state index >= 15 is 0 Å². The first-order valence-electron chi connectivity index (χ1n) is 6.41. The van der Waals surface area contributed by atoms with Crippen LogP contribution < -0.4 is 14.8 Å². The third-order valence-electron chi connectivity index (χ3n) is 3.58. The van der Waals surface area contributed by atoms with Crippen molar-refractivity contribution in [1.29, 1.82) is 0 Å². The highest BCUT2D eigenvalue weighted by molar-refractivity contribution is 7.89. The van der Waals surface area contributed by atoms with Gasteiger partial charge in [0.2, 0.25) is 10.0 Å². The summed E-state index contributed by atoms with van der Waals surface area (Å²) in [5.74, 6) is 0.855. The highest BCUT2D eigenvalue weighted by atomic mass is 32.2. The molecule has 1 unspecified atom stereocenters. The average Bonchev–Trinajstić information content (AvgIpc) is 2.99. The molecular formula is C13H20N2O4S. The van der Waals surface area contributed by atoms with Crippen LogP contribution >= 0.6 is 0 Å². The Morgan fingerprint density at radius 1 is 1.30 bits per heavy atom. The normalized spacial score (nSPS) is 19.3. The maximum Gasteiger partial charge on any atom is 0.246 e. The smallest absolute Gasteiger partial charge is 0.246 e. The number of likely N-dealkylation sites (N-methyl/N-ethyl adjacent to an activating group) is 1. The minimum absolute atomic E-state index is 0.0215. The highest BCUT2D eigenvalue weighted by Crippen LogP contribution is 2.31. The van der Waals surface area contributed by atoms with Gasteiger partial charge in [-0.3, -0.25) is 0 Å². The lowest BCUT2D eigenvalue weighted by Gasteiger charge is -2.24. The van der Waals surface area contributed by atoms with Crippen LogP contribution in [0.4, 0.5) is 0 Å². The number of hydrogen-bond donors (Lipinski definition) is 1. The van der Waals surface area contributed by atoms with Crippen LogP contribution in [0.2, 0.25) is 0 Å². The molecule has 1 aromatic carbocycles. The van der Waals surface area contributed by atoms with E-state index in [4.69, 9.17) is 9.47 Å². The summed E-state index contributed by atoms with van der Waals surface area (Å²) in [6.45, 7) is 1.51. The Balaban J connectivity index is 2.37. The highest BCUT2D eigenvalue weighted by Gasteiger charge is 2.32. The van der Waals surface area contributed by atoms with E-state index in [2.05, 4.69) is 5.32 Å². The van der Waals surface area contributed by atoms with E-state index < -0.39 is 10.0 Å². The molecule has 20 heavy (non-hydrogen) atoms. The number of nitrogens with zero attached hydrogens (tertiary/aromatic N) is 1. The molecule has 6 nitrogen and oxygen atoms in total. The van der Waals surface area contributed by atoms with E-state index in [0.29, 0.717) is 18.0 Å². The first kappa shape index (κ1) is 15.1. The molecule has 0 amide bonds. The van der Waals surface area contributed by atoms with Gasteiger partial charge < -0.3 is 14.8 Å². The van der Waals surface area contributed by atoms with Crippen molar-refractivity contribution >= 4 is 10.0 Å². The van der Waals surface area contributed by atoms with Gasteiger partial charge in [0.1, 0.15) is 16.4 Å². The summed E-state index contributed by atoms with van der Waals surface area (Å²) in [4.78, 5) is 0.162. The van der Waals surface area contributed by atoms with Gasteiger partial charge in [-0.1, -0.05) is 0 Å². The Kier molecular flexibility index (Phi) is 4.52. The Bertz CT molecular complexity index is 568. The number of nitrogens with one attached hydrogen (secondary N) is 1. The molecule has 0 aromatic heterocycles. The molecule has 0 radical (unpaired) electrons. The van der Waals surface area contributed by atoms with Gasteiger partial charge in [0.25, 0.3) is 0 Å². The quantitative estimate of drug-likeness (QED) is 0.866. The SMILES string of the molecule is COc1ccc(S(=O)(=O)N(C)C2CCNC2)c(OC)c1. The minimum atomic E-state index is -3.58. The van der Waals surface area contributed by atoms with E-state index in [0.717, 1.165) is 13.0 Å². The molecule has 1 heterocycles. The van der Waals surface area contributed by atoms with Crippen molar-refractivity contribution in [3.8, 4) is 11.5 Å². The Labute approximate surface area is 119 Å². The Hall–Kier alpha value is -1.31. The van der Waals surface area contributed by atoms with Crippen molar-refractivity contribution in [3.63, 3.8) is 0 Å². The minimum Gasteiger partial charge on any atom is -0.497 e. The zero-order valence-electron chi connectivity index (χ0n) is 11.9. The predicted molar refractivity (Wildman–Crippen MR) is 75.8 cm³/mol. The van der Waals surface area contributed by atoms with Crippen molar-refractivity contribution in [2.75, 3.05) is 34.4 Å². The first-order valence-corrected chi connectivity index (χ1v) is 7.85. The number of hydrogen-bond acceptors (Lipinski definition) is 5. The molecule has 0 aliphatic carbocycles. The van der Waals surface area contributed by atoms with Crippen LogP contribution in [0.15, 0.2) is 23.1 Å². The predicted octanol–water partition coefficient (Wildman–Crippen LogP) is 0.686. The molecule has 1 saturated heterocycles. The van der Waals surface area contributed by atoms with Gasteiger partial charge in [0, 0.05) is 25.7 Å². The van der Waals surface area contributed by atoms with Gasteiger partial charge in [-0.15, -0.1) is 0 Å². The zero-order valence-corrected chi connectivity index (χ0v) is 12.7. The number of benzene rings is 1. The average molecular weight is 300 g/mol. The second-order valence-corrected chi connectivity index (χ2v) is 6.65. The molecule has 1 aromatic rings. The van der Waals surface area contributed by atoms with Crippen LogP contribution in [0.25, 0.3) is 0 Å². The molecule has 112 valence electrons. The summed E-state index contributed by atoms with van der Waals surface area (Å²) in [5, 5.41) is 3.17. The lowest BCUT2D eigenvalue weighted by molar-refractivity contribution is 0.371. The second-order valence-electron chi connectivity index (χ2n) is 4.68. The number of sulfonamides is 1. The van der Waals surface area contributed by atoms with E-state index in [-0.39, 0.29) is 10.9 Å². The van der Waals surface area contributed by atoms with Crippen molar-refractivity contribution in [1.82, 2.24) is 9.62 Å². The van der Waals surface area contributed by atoms with Crippen molar-refractivity contribution in [3.05, 3.63) is 18.2 Å². The van der Waals surface area contributed by atoms with Gasteiger partial charge in [0.15, 0.2) is 0 Å². The zero-order chi connectivity index (χ0) is 14.8. The third kappa shape index (κ3) is 2.74. The summed E-state index contributed by atoms with van der Waals surface area (Å²) in [6.07, 6.45) is 0.814. The summed E-state index contributed by atoms with van der Waals surface area (Å²) in [7, 11) is 1.01. The molecule has 1 aliphatic heterocycles. The first-order chi connectivity index (χ1) is 9.50. The largest absolute Gasteiger partial charge is 0.497 e. The van der Waals surface area contributed by atoms with E-state index in [9.17, 15) is 8.42 Å². The molecule has 1 aliphatic rings.